The van der Waals surface area contributed by atoms with Crippen molar-refractivity contribution in [3.63, 3.8) is 0 Å². The highest BCUT2D eigenvalue weighted by Crippen LogP contribution is 2.62. The Kier molecular flexibility index (Phi) is 3.86. The molecule has 1 heterocycles. The Morgan fingerprint density at radius 1 is 1.25 bits per heavy atom. The first-order valence-electron chi connectivity index (χ1n) is 10.1. The van der Waals surface area contributed by atoms with Crippen molar-refractivity contribution >= 4 is 11.9 Å². The average Bonchev–Trinajstić information content (AvgIpc) is 3.44. The summed E-state index contributed by atoms with van der Waals surface area (Å²) in [7, 11) is 1.66. The van der Waals surface area contributed by atoms with Crippen LogP contribution in [0.1, 0.15) is 61.1 Å². The van der Waals surface area contributed by atoms with Gasteiger partial charge in [-0.2, -0.15) is 8.78 Å². The number of likely N-dealkylation sites (N-methyl/N-ethyl adjacent to an activating group) is 1. The maximum absolute atomic E-state index is 13.5. The van der Waals surface area contributed by atoms with Gasteiger partial charge in [0.25, 0.3) is 5.91 Å². The number of carbonyl (C=O) groups excluding carboxylic acids is 1. The van der Waals surface area contributed by atoms with Crippen LogP contribution in [0.5, 0.6) is 0 Å². The number of aliphatic imine (C=N–C) groups is 1. The number of nitrogens with zero attached hydrogens (tertiary/aromatic N) is 2. The van der Waals surface area contributed by atoms with Gasteiger partial charge in [0.2, 0.25) is 0 Å². The van der Waals surface area contributed by atoms with Crippen LogP contribution in [0.4, 0.5) is 8.78 Å². The molecular weight excluding hydrogens is 364 g/mol. The number of ether oxygens (including phenoxy) is 1. The van der Waals surface area contributed by atoms with Crippen LogP contribution in [-0.4, -0.2) is 36.5 Å². The minimum Gasteiger partial charge on any atom is -0.369 e. The second-order valence-electron chi connectivity index (χ2n) is 8.79. The van der Waals surface area contributed by atoms with Gasteiger partial charge in [-0.3, -0.25) is 9.69 Å². The van der Waals surface area contributed by atoms with Gasteiger partial charge >= 0.3 is 6.61 Å². The monoisotopic (exact) mass is 389 g/mol. The van der Waals surface area contributed by atoms with Crippen LogP contribution >= 0.6 is 0 Å². The molecule has 5 rings (SSSR count). The minimum absolute atomic E-state index is 0.0927. The summed E-state index contributed by atoms with van der Waals surface area (Å²) in [6, 6.07) is 6.47. The minimum atomic E-state index is -2.76. The van der Waals surface area contributed by atoms with Crippen molar-refractivity contribution in [3.05, 3.63) is 34.9 Å². The normalized spacial score (nSPS) is 34.6. The SMILES string of the molecule is CN1C(=O)C2(N=C1N)c1cc(C3CC3)ccc1CC21CCC(OC(F)F)CC1. The second-order valence-corrected chi connectivity index (χ2v) is 8.79. The summed E-state index contributed by atoms with van der Waals surface area (Å²) in [6.45, 7) is -2.76. The van der Waals surface area contributed by atoms with Gasteiger partial charge in [0.1, 0.15) is 0 Å². The highest BCUT2D eigenvalue weighted by Gasteiger charge is 2.66. The standard InChI is InChI=1S/C21H25F2N3O2/c1-26-17(27)21(25-19(26)24)16-10-13(12-2-3-12)4-5-14(16)11-20(21)8-6-15(7-9-20)28-18(22)23/h4-5,10,12,15,18H,2-3,6-9,11H2,1H3,(H2,24,25). The molecule has 28 heavy (non-hydrogen) atoms. The molecule has 1 aromatic rings. The number of carbonyl (C=O) groups is 1. The van der Waals surface area contributed by atoms with E-state index in [1.807, 2.05) is 0 Å². The van der Waals surface area contributed by atoms with Gasteiger partial charge in [-0.05, 0) is 67.6 Å². The fourth-order valence-corrected chi connectivity index (χ4v) is 5.66. The highest BCUT2D eigenvalue weighted by atomic mass is 19.3. The molecule has 1 amide bonds. The summed E-state index contributed by atoms with van der Waals surface area (Å²) in [6.07, 6.45) is 4.87. The molecule has 1 unspecified atom stereocenters. The van der Waals surface area contributed by atoms with Crippen molar-refractivity contribution in [1.82, 2.24) is 4.90 Å². The van der Waals surface area contributed by atoms with Crippen molar-refractivity contribution in [3.8, 4) is 0 Å². The predicted octanol–water partition coefficient (Wildman–Crippen LogP) is 3.27. The molecule has 0 radical (unpaired) electrons. The van der Waals surface area contributed by atoms with Crippen molar-refractivity contribution < 1.29 is 18.3 Å². The van der Waals surface area contributed by atoms with Gasteiger partial charge in [0.15, 0.2) is 11.5 Å². The lowest BCUT2D eigenvalue weighted by atomic mass is 9.61. The topological polar surface area (TPSA) is 67.9 Å². The fraction of sp³-hybridized carbons (Fsp3) is 0.619. The smallest absolute Gasteiger partial charge is 0.345 e. The largest absolute Gasteiger partial charge is 0.369 e. The van der Waals surface area contributed by atoms with Crippen LogP contribution in [-0.2, 0) is 21.5 Å². The van der Waals surface area contributed by atoms with Crippen molar-refractivity contribution in [2.75, 3.05) is 7.05 Å². The van der Waals surface area contributed by atoms with E-state index in [9.17, 15) is 13.6 Å². The summed E-state index contributed by atoms with van der Waals surface area (Å²) < 4.78 is 30.1. The first kappa shape index (κ1) is 18.0. The highest BCUT2D eigenvalue weighted by molar-refractivity contribution is 6.08. The van der Waals surface area contributed by atoms with E-state index in [2.05, 4.69) is 18.2 Å². The molecule has 150 valence electrons. The Labute approximate surface area is 162 Å². The Morgan fingerprint density at radius 3 is 2.54 bits per heavy atom. The van der Waals surface area contributed by atoms with Crippen molar-refractivity contribution in [1.29, 1.82) is 0 Å². The fourth-order valence-electron chi connectivity index (χ4n) is 5.66. The number of guanidine groups is 1. The van der Waals surface area contributed by atoms with Crippen LogP contribution < -0.4 is 5.73 Å². The number of fused-ring (bicyclic) bond motifs is 3. The van der Waals surface area contributed by atoms with E-state index in [-0.39, 0.29) is 11.9 Å². The summed E-state index contributed by atoms with van der Waals surface area (Å²) in [5.41, 5.74) is 8.03. The van der Waals surface area contributed by atoms with Crippen LogP contribution in [0.25, 0.3) is 0 Å². The van der Waals surface area contributed by atoms with Gasteiger partial charge < -0.3 is 10.5 Å². The first-order valence-corrected chi connectivity index (χ1v) is 10.1. The molecular formula is C21H25F2N3O2. The number of hydrogen-bond acceptors (Lipinski definition) is 4. The lowest BCUT2D eigenvalue weighted by molar-refractivity contribution is -0.178. The predicted molar refractivity (Wildman–Crippen MR) is 100.0 cm³/mol. The number of nitrogens with two attached hydrogens (primary N) is 1. The van der Waals surface area contributed by atoms with E-state index in [1.165, 1.54) is 23.3 Å². The Morgan fingerprint density at radius 2 is 1.96 bits per heavy atom. The molecule has 0 aromatic heterocycles. The lowest BCUT2D eigenvalue weighted by Gasteiger charge is -2.45. The Bertz CT molecular complexity index is 859. The molecule has 1 aromatic carbocycles. The molecule has 2 N–H and O–H groups in total. The zero-order valence-electron chi connectivity index (χ0n) is 16.0. The van der Waals surface area contributed by atoms with E-state index in [0.29, 0.717) is 31.6 Å². The average molecular weight is 389 g/mol. The maximum atomic E-state index is 13.5. The molecule has 7 heteroatoms. The molecule has 1 aliphatic heterocycles. The van der Waals surface area contributed by atoms with E-state index in [1.54, 1.807) is 7.05 Å². The van der Waals surface area contributed by atoms with E-state index >= 15 is 0 Å². The van der Waals surface area contributed by atoms with Crippen LogP contribution in [0.2, 0.25) is 0 Å². The third-order valence-electron chi connectivity index (χ3n) is 7.29. The molecule has 4 aliphatic rings. The van der Waals surface area contributed by atoms with Gasteiger partial charge in [-0.25, -0.2) is 4.99 Å². The van der Waals surface area contributed by atoms with Crippen LogP contribution in [0.15, 0.2) is 23.2 Å². The summed E-state index contributed by atoms with van der Waals surface area (Å²) >= 11 is 0. The summed E-state index contributed by atoms with van der Waals surface area (Å²) in [5.74, 6) is 0.717. The van der Waals surface area contributed by atoms with E-state index < -0.39 is 23.7 Å². The van der Waals surface area contributed by atoms with Gasteiger partial charge in [-0.15, -0.1) is 0 Å². The molecule has 1 atom stereocenters. The molecule has 0 saturated heterocycles. The number of halogens is 2. The second kappa shape index (κ2) is 5.99. The molecule has 3 aliphatic carbocycles. The van der Waals surface area contributed by atoms with E-state index in [4.69, 9.17) is 15.5 Å². The molecule has 5 nitrogen and oxygen atoms in total. The number of amides is 1. The maximum Gasteiger partial charge on any atom is 0.345 e. The molecule has 0 bridgehead atoms. The van der Waals surface area contributed by atoms with Crippen molar-refractivity contribution in [2.24, 2.45) is 16.1 Å². The van der Waals surface area contributed by atoms with Gasteiger partial charge in [0.05, 0.1) is 6.10 Å². The Balaban J connectivity index is 1.58. The summed E-state index contributed by atoms with van der Waals surface area (Å²) in [4.78, 5) is 19.7. The molecule has 2 spiro atoms. The van der Waals surface area contributed by atoms with Gasteiger partial charge in [-0.1, -0.05) is 18.2 Å². The quantitative estimate of drug-likeness (QED) is 0.863. The summed E-state index contributed by atoms with van der Waals surface area (Å²) in [5, 5.41) is 0. The molecule has 2 fully saturated rings. The van der Waals surface area contributed by atoms with E-state index in [0.717, 1.165) is 17.5 Å². The van der Waals surface area contributed by atoms with Crippen LogP contribution in [0.3, 0.4) is 0 Å². The third-order valence-corrected chi connectivity index (χ3v) is 7.29. The third kappa shape index (κ3) is 2.38. The number of rotatable bonds is 3. The first-order chi connectivity index (χ1) is 13.4. The zero-order valence-corrected chi connectivity index (χ0v) is 16.0. The zero-order chi connectivity index (χ0) is 19.7. The molecule has 2 saturated carbocycles. The Hall–Kier alpha value is -2.02. The number of alkyl halides is 2. The number of hydrogen-bond donors (Lipinski definition) is 1. The number of benzene rings is 1. The van der Waals surface area contributed by atoms with Gasteiger partial charge in [0, 0.05) is 12.5 Å². The lowest BCUT2D eigenvalue weighted by Crippen LogP contribution is -2.51. The van der Waals surface area contributed by atoms with Crippen LogP contribution in [0, 0.1) is 5.41 Å². The van der Waals surface area contributed by atoms with Crippen molar-refractivity contribution in [2.45, 2.75) is 69.1 Å².